The van der Waals surface area contributed by atoms with E-state index in [0.717, 1.165) is 39.4 Å². The number of imide groups is 2. The highest BCUT2D eigenvalue weighted by Gasteiger charge is 2.37. The van der Waals surface area contributed by atoms with Crippen LogP contribution in [-0.4, -0.2) is 29.9 Å². The normalized spacial score (nSPS) is 18.7. The van der Waals surface area contributed by atoms with E-state index >= 15 is 0 Å². The van der Waals surface area contributed by atoms with Crippen LogP contribution in [-0.2, 0) is 9.59 Å². The van der Waals surface area contributed by atoms with Gasteiger partial charge in [-0.05, 0) is 94.1 Å². The largest absolute Gasteiger partial charge is 0.363 e. The molecule has 0 radical (unpaired) electrons. The Balaban J connectivity index is 1.80. The summed E-state index contributed by atoms with van der Waals surface area (Å²) in [5.74, 6) is -1.43. The maximum absolute atomic E-state index is 13.3. The van der Waals surface area contributed by atoms with Gasteiger partial charge in [0.05, 0.1) is 11.2 Å². The van der Waals surface area contributed by atoms with E-state index in [1.807, 2.05) is 39.0 Å². The first-order chi connectivity index (χ1) is 15.9. The van der Waals surface area contributed by atoms with Gasteiger partial charge in [-0.1, -0.05) is 23.7 Å². The summed E-state index contributed by atoms with van der Waals surface area (Å²) in [6.07, 6.45) is 3.66. The molecule has 0 unspecified atom stereocenters. The molecule has 34 heavy (non-hydrogen) atoms. The zero-order valence-corrected chi connectivity index (χ0v) is 21.0. The molecule has 1 saturated heterocycles. The van der Waals surface area contributed by atoms with Crippen molar-refractivity contribution in [2.75, 3.05) is 16.3 Å². The lowest BCUT2D eigenvalue weighted by atomic mass is 9.87. The van der Waals surface area contributed by atoms with Crippen LogP contribution in [0.4, 0.5) is 16.2 Å². The van der Waals surface area contributed by atoms with E-state index in [1.54, 1.807) is 12.1 Å². The number of carbonyl (C=O) groups is 3. The summed E-state index contributed by atoms with van der Waals surface area (Å²) in [6.45, 7) is 13.1. The lowest BCUT2D eigenvalue weighted by Gasteiger charge is -2.43. The Labute approximate surface area is 204 Å². The van der Waals surface area contributed by atoms with Crippen molar-refractivity contribution < 1.29 is 14.4 Å². The fourth-order valence-corrected chi connectivity index (χ4v) is 4.93. The average Bonchev–Trinajstić information content (AvgIpc) is 2.73. The van der Waals surface area contributed by atoms with Gasteiger partial charge in [0.15, 0.2) is 0 Å². The number of hydrogen-bond acceptors (Lipinski definition) is 4. The van der Waals surface area contributed by atoms with Gasteiger partial charge < -0.3 is 4.90 Å². The third-order valence-corrected chi connectivity index (χ3v) is 6.89. The van der Waals surface area contributed by atoms with Gasteiger partial charge in [0.2, 0.25) is 0 Å². The van der Waals surface area contributed by atoms with E-state index in [-0.39, 0.29) is 11.1 Å². The molecule has 0 aliphatic carbocycles. The number of aryl methyl sites for hydroxylation is 2. The van der Waals surface area contributed by atoms with Gasteiger partial charge in [-0.15, -0.1) is 0 Å². The molecule has 4 amide bonds. The van der Waals surface area contributed by atoms with Gasteiger partial charge in [0.25, 0.3) is 11.8 Å². The van der Waals surface area contributed by atoms with Crippen molar-refractivity contribution in [3.8, 4) is 0 Å². The summed E-state index contributed by atoms with van der Waals surface area (Å²) >= 11 is 6.64. The second-order valence-corrected chi connectivity index (χ2v) is 9.75. The van der Waals surface area contributed by atoms with Gasteiger partial charge in [0.1, 0.15) is 5.57 Å². The molecule has 7 heteroatoms. The standard InChI is InChI=1S/C27H28ClN3O3/c1-7-30-23-13-22(28)18(11-20(23)17(4)14-27(30,5)6)12-21-24(32)29-26(34)31(25(21)33)19-9-8-15(2)16(3)10-19/h8-14H,7H2,1-6H3,(H,29,32,34)/b21-12-. The molecule has 0 spiro atoms. The molecule has 1 fully saturated rings. The molecule has 6 nitrogen and oxygen atoms in total. The quantitative estimate of drug-likeness (QED) is 0.458. The van der Waals surface area contributed by atoms with Crippen molar-refractivity contribution in [2.45, 2.75) is 47.1 Å². The highest BCUT2D eigenvalue weighted by Crippen LogP contribution is 2.41. The number of nitrogens with one attached hydrogen (secondary N) is 1. The first kappa shape index (κ1) is 23.8. The number of fused-ring (bicyclic) bond motifs is 1. The van der Waals surface area contributed by atoms with Crippen LogP contribution < -0.4 is 15.1 Å². The predicted octanol–water partition coefficient (Wildman–Crippen LogP) is 5.65. The molecule has 2 aliphatic rings. The number of likely N-dealkylation sites (N-methyl/N-ethyl adjacent to an activating group) is 1. The number of amides is 4. The minimum Gasteiger partial charge on any atom is -0.363 e. The Bertz CT molecular complexity index is 1310. The molecular weight excluding hydrogens is 450 g/mol. The van der Waals surface area contributed by atoms with E-state index in [2.05, 4.69) is 37.1 Å². The SMILES string of the molecule is CCN1c2cc(Cl)c(/C=C3/C(=O)NC(=O)N(c4ccc(C)c(C)c4)C3=O)cc2C(C)=CC1(C)C. The van der Waals surface area contributed by atoms with Crippen LogP contribution in [0.5, 0.6) is 0 Å². The number of nitrogens with zero attached hydrogens (tertiary/aromatic N) is 2. The molecule has 0 aromatic heterocycles. The molecule has 2 aliphatic heterocycles. The lowest BCUT2D eigenvalue weighted by Crippen LogP contribution is -2.54. The van der Waals surface area contributed by atoms with Gasteiger partial charge in [-0.3, -0.25) is 14.9 Å². The van der Waals surface area contributed by atoms with E-state index in [4.69, 9.17) is 11.6 Å². The number of hydrogen-bond donors (Lipinski definition) is 1. The van der Waals surface area contributed by atoms with Crippen LogP contribution in [0.15, 0.2) is 42.0 Å². The van der Waals surface area contributed by atoms with Crippen LogP contribution in [0.25, 0.3) is 11.6 Å². The first-order valence-corrected chi connectivity index (χ1v) is 11.6. The Morgan fingerprint density at radius 1 is 1.03 bits per heavy atom. The molecule has 1 N–H and O–H groups in total. The number of benzene rings is 2. The minimum atomic E-state index is -0.772. The van der Waals surface area contributed by atoms with Crippen molar-refractivity contribution in [3.05, 3.63) is 69.3 Å². The van der Waals surface area contributed by atoms with Crippen LogP contribution in [0, 0.1) is 13.8 Å². The summed E-state index contributed by atoms with van der Waals surface area (Å²) in [6, 6.07) is 8.28. The fourth-order valence-electron chi connectivity index (χ4n) is 4.72. The van der Waals surface area contributed by atoms with Crippen molar-refractivity contribution in [1.29, 1.82) is 0 Å². The van der Waals surface area contributed by atoms with Gasteiger partial charge >= 0.3 is 6.03 Å². The number of urea groups is 1. The molecule has 2 aromatic rings. The smallest absolute Gasteiger partial charge is 0.335 e. The van der Waals surface area contributed by atoms with E-state index in [0.29, 0.717) is 16.3 Å². The first-order valence-electron chi connectivity index (χ1n) is 11.2. The van der Waals surface area contributed by atoms with E-state index in [1.165, 1.54) is 6.08 Å². The fraction of sp³-hybridized carbons (Fsp3) is 0.296. The minimum absolute atomic E-state index is 0.148. The van der Waals surface area contributed by atoms with E-state index in [9.17, 15) is 14.4 Å². The molecular formula is C27H28ClN3O3. The van der Waals surface area contributed by atoms with Crippen molar-refractivity contribution in [2.24, 2.45) is 0 Å². The number of carbonyl (C=O) groups excluding carboxylic acids is 3. The van der Waals surface area contributed by atoms with E-state index < -0.39 is 17.8 Å². The summed E-state index contributed by atoms with van der Waals surface area (Å²) in [5, 5.41) is 2.70. The Kier molecular flexibility index (Phi) is 5.90. The van der Waals surface area contributed by atoms with Crippen LogP contribution in [0.1, 0.15) is 49.9 Å². The summed E-state index contributed by atoms with van der Waals surface area (Å²) < 4.78 is 0. The number of barbiturate groups is 1. The molecule has 2 heterocycles. The zero-order chi connectivity index (χ0) is 24.9. The highest BCUT2D eigenvalue weighted by molar-refractivity contribution is 6.40. The zero-order valence-electron chi connectivity index (χ0n) is 20.2. The van der Waals surface area contributed by atoms with Crippen molar-refractivity contribution in [1.82, 2.24) is 5.32 Å². The molecule has 0 bridgehead atoms. The Morgan fingerprint density at radius 2 is 1.74 bits per heavy atom. The van der Waals surface area contributed by atoms with Gasteiger partial charge in [-0.2, -0.15) is 0 Å². The number of allylic oxidation sites excluding steroid dienone is 1. The second kappa shape index (κ2) is 8.44. The lowest BCUT2D eigenvalue weighted by molar-refractivity contribution is -0.122. The maximum Gasteiger partial charge on any atom is 0.335 e. The molecule has 0 atom stereocenters. The van der Waals surface area contributed by atoms with Crippen molar-refractivity contribution >= 4 is 52.5 Å². The summed E-state index contributed by atoms with van der Waals surface area (Å²) in [7, 11) is 0. The second-order valence-electron chi connectivity index (χ2n) is 9.34. The van der Waals surface area contributed by atoms with Crippen LogP contribution in [0.2, 0.25) is 5.02 Å². The monoisotopic (exact) mass is 477 g/mol. The third-order valence-electron chi connectivity index (χ3n) is 6.56. The van der Waals surface area contributed by atoms with Crippen LogP contribution >= 0.6 is 11.6 Å². The molecule has 176 valence electrons. The van der Waals surface area contributed by atoms with Crippen molar-refractivity contribution in [3.63, 3.8) is 0 Å². The average molecular weight is 478 g/mol. The topological polar surface area (TPSA) is 69.7 Å². The Hall–Kier alpha value is -3.38. The van der Waals surface area contributed by atoms with Gasteiger partial charge in [0, 0.05) is 22.8 Å². The number of rotatable bonds is 3. The highest BCUT2D eigenvalue weighted by atomic mass is 35.5. The number of anilines is 2. The summed E-state index contributed by atoms with van der Waals surface area (Å²) in [5.41, 5.74) is 5.68. The summed E-state index contributed by atoms with van der Waals surface area (Å²) in [4.78, 5) is 41.8. The van der Waals surface area contributed by atoms with Gasteiger partial charge in [-0.25, -0.2) is 9.69 Å². The van der Waals surface area contributed by atoms with Crippen LogP contribution in [0.3, 0.4) is 0 Å². The maximum atomic E-state index is 13.3. The molecule has 4 rings (SSSR count). The molecule has 0 saturated carbocycles. The number of halogens is 1. The predicted molar refractivity (Wildman–Crippen MR) is 137 cm³/mol. The Morgan fingerprint density at radius 3 is 2.38 bits per heavy atom. The third kappa shape index (κ3) is 3.92. The molecule has 2 aromatic carbocycles.